The fourth-order valence-corrected chi connectivity index (χ4v) is 4.37. The molecule has 3 rings (SSSR count). The molecule has 1 aromatic heterocycles. The maximum atomic E-state index is 12.5. The third-order valence-corrected chi connectivity index (χ3v) is 6.12. The fraction of sp³-hybridized carbons (Fsp3) is 0.238. The number of nitrogens with zero attached hydrogens (tertiary/aromatic N) is 2. The summed E-state index contributed by atoms with van der Waals surface area (Å²) in [6, 6.07) is 15.7. The number of likely N-dealkylation sites (N-methyl/N-ethyl adjacent to an activating group) is 1. The molecule has 3 aromatic rings. The summed E-state index contributed by atoms with van der Waals surface area (Å²) in [7, 11) is 3.95. The maximum absolute atomic E-state index is 12.5. The molecule has 28 heavy (non-hydrogen) atoms. The number of carbonyl (C=O) groups is 1. The molecule has 0 saturated heterocycles. The van der Waals surface area contributed by atoms with Crippen molar-refractivity contribution in [2.75, 3.05) is 20.6 Å². The van der Waals surface area contributed by atoms with Gasteiger partial charge in [-0.25, -0.2) is 4.98 Å². The first-order valence-corrected chi connectivity index (χ1v) is 10.9. The van der Waals surface area contributed by atoms with Crippen LogP contribution in [0, 0.1) is 0 Å². The lowest BCUT2D eigenvalue weighted by molar-refractivity contribution is -0.120. The second kappa shape index (κ2) is 9.65. The second-order valence-corrected chi connectivity index (χ2v) is 8.82. The molecular weight excluding hydrogens is 458 g/mol. The highest BCUT2D eigenvalue weighted by molar-refractivity contribution is 9.10. The summed E-state index contributed by atoms with van der Waals surface area (Å²) >= 11 is 11.3. The number of hydrogen-bond acceptors (Lipinski definition) is 4. The number of benzene rings is 2. The number of rotatable bonds is 7. The number of nitrogens with one attached hydrogen (secondary N) is 1. The average Bonchev–Trinajstić information content (AvgIpc) is 3.11. The molecule has 1 unspecified atom stereocenters. The molecule has 1 amide bonds. The van der Waals surface area contributed by atoms with Gasteiger partial charge in [-0.2, -0.15) is 0 Å². The molecule has 1 heterocycles. The summed E-state index contributed by atoms with van der Waals surface area (Å²) in [5.41, 5.74) is 2.81. The van der Waals surface area contributed by atoms with E-state index in [1.165, 1.54) is 0 Å². The van der Waals surface area contributed by atoms with Crippen LogP contribution < -0.4 is 5.32 Å². The number of thiazole rings is 1. The molecule has 2 aromatic carbocycles. The predicted octanol–water partition coefficient (Wildman–Crippen LogP) is 5.19. The largest absolute Gasteiger partial charge is 0.354 e. The Morgan fingerprint density at radius 3 is 2.75 bits per heavy atom. The molecule has 0 radical (unpaired) electrons. The standard InChI is InChI=1S/C21H21BrClN3OS/c1-26(2)19(17-8-3-4-9-18(17)23)12-24-20(27)11-16-13-28-21(25-16)14-6-5-7-15(22)10-14/h3-10,13,19H,11-12H2,1-2H3,(H,24,27). The lowest BCUT2D eigenvalue weighted by atomic mass is 10.1. The van der Waals surface area contributed by atoms with Crippen LogP contribution in [-0.2, 0) is 11.2 Å². The third kappa shape index (κ3) is 5.41. The smallest absolute Gasteiger partial charge is 0.226 e. The fourth-order valence-electron chi connectivity index (χ4n) is 2.90. The van der Waals surface area contributed by atoms with E-state index in [-0.39, 0.29) is 18.4 Å². The van der Waals surface area contributed by atoms with Crippen molar-refractivity contribution in [2.24, 2.45) is 0 Å². The zero-order valence-corrected chi connectivity index (χ0v) is 18.8. The summed E-state index contributed by atoms with van der Waals surface area (Å²) in [5.74, 6) is -0.0509. The van der Waals surface area contributed by atoms with E-state index < -0.39 is 0 Å². The van der Waals surface area contributed by atoms with Gasteiger partial charge in [-0.3, -0.25) is 4.79 Å². The van der Waals surface area contributed by atoms with Gasteiger partial charge in [-0.1, -0.05) is 57.9 Å². The Balaban J connectivity index is 1.62. The molecule has 0 bridgehead atoms. The van der Waals surface area contributed by atoms with Gasteiger partial charge < -0.3 is 10.2 Å². The van der Waals surface area contributed by atoms with Crippen LogP contribution in [0.25, 0.3) is 10.6 Å². The van der Waals surface area contributed by atoms with Gasteiger partial charge in [0.15, 0.2) is 0 Å². The van der Waals surface area contributed by atoms with Crippen molar-refractivity contribution >= 4 is 44.8 Å². The van der Waals surface area contributed by atoms with Gasteiger partial charge >= 0.3 is 0 Å². The SMILES string of the molecule is CN(C)C(CNC(=O)Cc1csc(-c2cccc(Br)c2)n1)c1ccccc1Cl. The van der Waals surface area contributed by atoms with Crippen LogP contribution in [-0.4, -0.2) is 36.4 Å². The zero-order valence-electron chi connectivity index (χ0n) is 15.7. The van der Waals surface area contributed by atoms with E-state index in [1.807, 2.05) is 68.0 Å². The van der Waals surface area contributed by atoms with Gasteiger partial charge in [-0.15, -0.1) is 11.3 Å². The van der Waals surface area contributed by atoms with Gasteiger partial charge in [-0.05, 0) is 37.9 Å². The number of hydrogen-bond donors (Lipinski definition) is 1. The molecule has 7 heteroatoms. The summed E-state index contributed by atoms with van der Waals surface area (Å²) in [6.07, 6.45) is 0.257. The van der Waals surface area contributed by atoms with Gasteiger partial charge in [0.2, 0.25) is 5.91 Å². The molecule has 0 aliphatic heterocycles. The van der Waals surface area contributed by atoms with E-state index in [0.29, 0.717) is 11.6 Å². The summed E-state index contributed by atoms with van der Waals surface area (Å²) in [4.78, 5) is 19.1. The summed E-state index contributed by atoms with van der Waals surface area (Å²) in [5, 5.41) is 6.56. The minimum absolute atomic E-state index is 0.00492. The van der Waals surface area contributed by atoms with E-state index in [0.717, 1.165) is 26.3 Å². The average molecular weight is 479 g/mol. The van der Waals surface area contributed by atoms with Crippen LogP contribution in [0.3, 0.4) is 0 Å². The Hall–Kier alpha value is -1.73. The van der Waals surface area contributed by atoms with Crippen molar-refractivity contribution in [3.8, 4) is 10.6 Å². The van der Waals surface area contributed by atoms with Gasteiger partial charge in [0.05, 0.1) is 18.2 Å². The predicted molar refractivity (Wildman–Crippen MR) is 120 cm³/mol. The third-order valence-electron chi connectivity index (χ3n) is 4.35. The Morgan fingerprint density at radius 2 is 2.04 bits per heavy atom. The highest BCUT2D eigenvalue weighted by Gasteiger charge is 2.18. The number of amides is 1. The molecule has 0 spiro atoms. The van der Waals surface area contributed by atoms with E-state index in [4.69, 9.17) is 11.6 Å². The van der Waals surface area contributed by atoms with Crippen LogP contribution in [0.15, 0.2) is 58.4 Å². The van der Waals surface area contributed by atoms with Crippen molar-refractivity contribution in [1.82, 2.24) is 15.2 Å². The van der Waals surface area contributed by atoms with E-state index in [9.17, 15) is 4.79 Å². The molecular formula is C21H21BrClN3OS. The van der Waals surface area contributed by atoms with Crippen LogP contribution >= 0.6 is 38.9 Å². The Labute approximate surface area is 182 Å². The Bertz CT molecular complexity index is 960. The van der Waals surface area contributed by atoms with Crippen molar-refractivity contribution in [1.29, 1.82) is 0 Å². The number of halogens is 2. The highest BCUT2D eigenvalue weighted by atomic mass is 79.9. The molecule has 1 atom stereocenters. The highest BCUT2D eigenvalue weighted by Crippen LogP contribution is 2.27. The first-order valence-electron chi connectivity index (χ1n) is 8.82. The lowest BCUT2D eigenvalue weighted by Gasteiger charge is -2.26. The number of carbonyl (C=O) groups excluding carboxylic acids is 1. The van der Waals surface area contributed by atoms with Crippen molar-refractivity contribution in [3.05, 3.63) is 74.7 Å². The number of aromatic nitrogens is 1. The van der Waals surface area contributed by atoms with Gasteiger partial charge in [0.1, 0.15) is 5.01 Å². The monoisotopic (exact) mass is 477 g/mol. The van der Waals surface area contributed by atoms with Crippen molar-refractivity contribution in [2.45, 2.75) is 12.5 Å². The topological polar surface area (TPSA) is 45.2 Å². The van der Waals surface area contributed by atoms with Gasteiger partial charge in [0, 0.05) is 27.0 Å². The van der Waals surface area contributed by atoms with Crippen molar-refractivity contribution < 1.29 is 4.79 Å². The van der Waals surface area contributed by atoms with E-state index in [1.54, 1.807) is 11.3 Å². The van der Waals surface area contributed by atoms with Crippen LogP contribution in [0.4, 0.5) is 0 Å². The molecule has 146 valence electrons. The first kappa shape index (κ1) is 21.0. The normalized spacial score (nSPS) is 12.2. The van der Waals surface area contributed by atoms with Crippen LogP contribution in [0.1, 0.15) is 17.3 Å². The quantitative estimate of drug-likeness (QED) is 0.508. The maximum Gasteiger partial charge on any atom is 0.226 e. The lowest BCUT2D eigenvalue weighted by Crippen LogP contribution is -2.35. The summed E-state index contributed by atoms with van der Waals surface area (Å²) in [6.45, 7) is 0.484. The first-order chi connectivity index (χ1) is 13.4. The van der Waals surface area contributed by atoms with Gasteiger partial charge in [0.25, 0.3) is 0 Å². The molecule has 0 saturated carbocycles. The van der Waals surface area contributed by atoms with Crippen LogP contribution in [0.5, 0.6) is 0 Å². The van der Waals surface area contributed by atoms with Crippen LogP contribution in [0.2, 0.25) is 5.02 Å². The second-order valence-electron chi connectivity index (χ2n) is 6.64. The minimum atomic E-state index is -0.0509. The van der Waals surface area contributed by atoms with Crippen molar-refractivity contribution in [3.63, 3.8) is 0 Å². The van der Waals surface area contributed by atoms with E-state index in [2.05, 4.69) is 31.1 Å². The molecule has 0 aliphatic carbocycles. The minimum Gasteiger partial charge on any atom is -0.354 e. The molecule has 1 N–H and O–H groups in total. The zero-order chi connectivity index (χ0) is 20.1. The molecule has 0 aliphatic rings. The summed E-state index contributed by atoms with van der Waals surface area (Å²) < 4.78 is 1.01. The molecule has 0 fully saturated rings. The Morgan fingerprint density at radius 1 is 1.25 bits per heavy atom. The molecule has 4 nitrogen and oxygen atoms in total. The van der Waals surface area contributed by atoms with E-state index >= 15 is 0 Å². The Kier molecular flexibility index (Phi) is 7.24.